The number of carbonyl (C=O) groups is 2. The largest absolute Gasteiger partial charge is 0.449 e. The molecule has 0 saturated carbocycles. The Morgan fingerprint density at radius 3 is 2.52 bits per heavy atom. The molecule has 0 atom stereocenters. The van der Waals surface area contributed by atoms with Gasteiger partial charge in [0.05, 0.1) is 13.2 Å². The lowest BCUT2D eigenvalue weighted by Crippen LogP contribution is -2.51. The fourth-order valence-electron chi connectivity index (χ4n) is 2.94. The summed E-state index contributed by atoms with van der Waals surface area (Å²) in [6.07, 6.45) is -0.282. The van der Waals surface area contributed by atoms with E-state index < -0.39 is 0 Å². The van der Waals surface area contributed by atoms with E-state index in [0.717, 1.165) is 5.56 Å². The maximum atomic E-state index is 13.3. The summed E-state index contributed by atoms with van der Waals surface area (Å²) in [5, 5.41) is 0. The molecular formula is C20H30FN3O3. The molecule has 0 radical (unpaired) electrons. The number of hydrogen-bond donors (Lipinski definition) is 0. The molecule has 0 aromatic heterocycles. The van der Waals surface area contributed by atoms with Crippen molar-refractivity contribution < 1.29 is 18.7 Å². The number of halogens is 1. The minimum Gasteiger partial charge on any atom is -0.449 e. The molecule has 1 aliphatic rings. The van der Waals surface area contributed by atoms with Crippen LogP contribution >= 0.6 is 0 Å². The highest BCUT2D eigenvalue weighted by Gasteiger charge is 2.24. The predicted molar refractivity (Wildman–Crippen MR) is 102 cm³/mol. The summed E-state index contributed by atoms with van der Waals surface area (Å²) >= 11 is 0. The van der Waals surface area contributed by atoms with E-state index in [1.54, 1.807) is 15.9 Å². The third-order valence-electron chi connectivity index (χ3n) is 4.53. The Morgan fingerprint density at radius 1 is 1.22 bits per heavy atom. The van der Waals surface area contributed by atoms with Crippen molar-refractivity contribution in [2.75, 3.05) is 45.9 Å². The second-order valence-electron chi connectivity index (χ2n) is 7.27. The molecule has 27 heavy (non-hydrogen) atoms. The molecule has 6 nitrogen and oxygen atoms in total. The minimum atomic E-state index is -0.295. The van der Waals surface area contributed by atoms with Crippen LogP contribution in [0.5, 0.6) is 0 Å². The fourth-order valence-corrected chi connectivity index (χ4v) is 2.94. The normalized spacial score (nSPS) is 15.1. The van der Waals surface area contributed by atoms with Crippen LogP contribution in [0.15, 0.2) is 24.3 Å². The zero-order valence-corrected chi connectivity index (χ0v) is 16.5. The molecule has 1 fully saturated rings. The zero-order chi connectivity index (χ0) is 19.8. The molecule has 0 bridgehead atoms. The van der Waals surface area contributed by atoms with Crippen molar-refractivity contribution >= 4 is 12.0 Å². The summed E-state index contributed by atoms with van der Waals surface area (Å²) in [4.78, 5) is 30.1. The first kappa shape index (κ1) is 21.2. The van der Waals surface area contributed by atoms with Crippen molar-refractivity contribution in [2.45, 2.75) is 27.3 Å². The molecule has 0 spiro atoms. The quantitative estimate of drug-likeness (QED) is 0.731. The van der Waals surface area contributed by atoms with Crippen molar-refractivity contribution in [1.82, 2.24) is 14.7 Å². The fraction of sp³-hybridized carbons (Fsp3) is 0.600. The van der Waals surface area contributed by atoms with E-state index in [1.807, 2.05) is 31.7 Å². The van der Waals surface area contributed by atoms with Gasteiger partial charge in [-0.1, -0.05) is 26.0 Å². The summed E-state index contributed by atoms with van der Waals surface area (Å²) in [7, 11) is 0. The van der Waals surface area contributed by atoms with E-state index in [2.05, 4.69) is 0 Å². The van der Waals surface area contributed by atoms with Crippen molar-refractivity contribution in [3.63, 3.8) is 0 Å². The van der Waals surface area contributed by atoms with Gasteiger partial charge in [-0.25, -0.2) is 9.18 Å². The lowest BCUT2D eigenvalue weighted by Gasteiger charge is -2.34. The highest BCUT2D eigenvalue weighted by molar-refractivity contribution is 5.78. The molecule has 1 aromatic rings. The second-order valence-corrected chi connectivity index (χ2v) is 7.27. The van der Waals surface area contributed by atoms with Crippen LogP contribution in [0, 0.1) is 11.7 Å². The number of nitrogens with zero attached hydrogens (tertiary/aromatic N) is 3. The van der Waals surface area contributed by atoms with E-state index in [4.69, 9.17) is 4.74 Å². The van der Waals surface area contributed by atoms with Crippen LogP contribution in [0.4, 0.5) is 9.18 Å². The zero-order valence-electron chi connectivity index (χ0n) is 16.5. The summed E-state index contributed by atoms with van der Waals surface area (Å²) in [6, 6.07) is 6.33. The summed E-state index contributed by atoms with van der Waals surface area (Å²) in [5.74, 6) is 0.0278. The van der Waals surface area contributed by atoms with Crippen molar-refractivity contribution in [3.05, 3.63) is 35.6 Å². The van der Waals surface area contributed by atoms with E-state index in [9.17, 15) is 14.0 Å². The van der Waals surface area contributed by atoms with Gasteiger partial charge < -0.3 is 14.5 Å². The molecule has 1 aliphatic heterocycles. The Bertz CT molecular complexity index is 631. The van der Waals surface area contributed by atoms with Crippen molar-refractivity contribution in [2.24, 2.45) is 5.92 Å². The van der Waals surface area contributed by atoms with Gasteiger partial charge in [0.25, 0.3) is 0 Å². The lowest BCUT2D eigenvalue weighted by atomic mass is 10.2. The molecule has 7 heteroatoms. The molecule has 1 saturated heterocycles. The van der Waals surface area contributed by atoms with Gasteiger partial charge in [0.15, 0.2) is 0 Å². The highest BCUT2D eigenvalue weighted by atomic mass is 19.1. The van der Waals surface area contributed by atoms with Gasteiger partial charge in [-0.3, -0.25) is 9.69 Å². The van der Waals surface area contributed by atoms with E-state index >= 15 is 0 Å². The van der Waals surface area contributed by atoms with Crippen LogP contribution in [-0.4, -0.2) is 72.6 Å². The summed E-state index contributed by atoms with van der Waals surface area (Å²) < 4.78 is 18.6. The van der Waals surface area contributed by atoms with Crippen LogP contribution in [0.25, 0.3) is 0 Å². The van der Waals surface area contributed by atoms with Crippen LogP contribution in [-0.2, 0) is 16.1 Å². The topological polar surface area (TPSA) is 53.1 Å². The number of amides is 2. The Morgan fingerprint density at radius 2 is 1.93 bits per heavy atom. The first-order valence-electron chi connectivity index (χ1n) is 9.55. The SMILES string of the molecule is CCN(Cc1cccc(F)c1)C(=O)CN1CCN(C(=O)OCC(C)C)CC1. The minimum absolute atomic E-state index is 0.0117. The van der Waals surface area contributed by atoms with Crippen molar-refractivity contribution in [1.29, 1.82) is 0 Å². The van der Waals surface area contributed by atoms with Crippen LogP contribution < -0.4 is 0 Å². The molecule has 0 aliphatic carbocycles. The van der Waals surface area contributed by atoms with Gasteiger partial charge in [0.2, 0.25) is 5.91 Å². The monoisotopic (exact) mass is 379 g/mol. The molecule has 2 rings (SSSR count). The number of piperazine rings is 1. The Labute approximate surface area is 160 Å². The van der Waals surface area contributed by atoms with E-state index in [0.29, 0.717) is 58.3 Å². The average Bonchev–Trinajstić information content (AvgIpc) is 2.64. The van der Waals surface area contributed by atoms with Crippen LogP contribution in [0.2, 0.25) is 0 Å². The molecule has 2 amide bonds. The van der Waals surface area contributed by atoms with E-state index in [1.165, 1.54) is 12.1 Å². The Balaban J connectivity index is 1.79. The number of rotatable bonds is 7. The molecule has 0 N–H and O–H groups in total. The van der Waals surface area contributed by atoms with Gasteiger partial charge in [-0.05, 0) is 30.5 Å². The third-order valence-corrected chi connectivity index (χ3v) is 4.53. The third kappa shape index (κ3) is 6.82. The maximum Gasteiger partial charge on any atom is 0.409 e. The van der Waals surface area contributed by atoms with Crippen LogP contribution in [0.1, 0.15) is 26.3 Å². The molecule has 1 heterocycles. The first-order valence-corrected chi connectivity index (χ1v) is 9.55. The smallest absolute Gasteiger partial charge is 0.409 e. The van der Waals surface area contributed by atoms with Gasteiger partial charge in [0, 0.05) is 39.3 Å². The summed E-state index contributed by atoms with van der Waals surface area (Å²) in [5.41, 5.74) is 0.780. The second kappa shape index (κ2) is 10.3. The molecule has 1 aromatic carbocycles. The average molecular weight is 379 g/mol. The first-order chi connectivity index (χ1) is 12.9. The van der Waals surface area contributed by atoms with Gasteiger partial charge in [-0.15, -0.1) is 0 Å². The number of ether oxygens (including phenoxy) is 1. The molecule has 0 unspecified atom stereocenters. The number of hydrogen-bond acceptors (Lipinski definition) is 4. The lowest BCUT2D eigenvalue weighted by molar-refractivity contribution is -0.133. The van der Waals surface area contributed by atoms with Gasteiger partial charge in [0.1, 0.15) is 5.82 Å². The summed E-state index contributed by atoms with van der Waals surface area (Å²) in [6.45, 7) is 9.99. The Kier molecular flexibility index (Phi) is 8.03. The standard InChI is InChI=1S/C20H30FN3O3/c1-4-23(13-17-6-5-7-18(21)12-17)19(25)14-22-8-10-24(11-9-22)20(26)27-15-16(2)3/h5-7,12,16H,4,8-11,13-15H2,1-3H3. The Hall–Kier alpha value is -2.15. The van der Waals surface area contributed by atoms with E-state index in [-0.39, 0.29) is 17.8 Å². The van der Waals surface area contributed by atoms with Gasteiger partial charge in [-0.2, -0.15) is 0 Å². The van der Waals surface area contributed by atoms with Gasteiger partial charge >= 0.3 is 6.09 Å². The molecular weight excluding hydrogens is 349 g/mol. The molecule has 150 valence electrons. The maximum absolute atomic E-state index is 13.3. The predicted octanol–water partition coefficient (Wildman–Crippen LogP) is 2.58. The number of carbonyl (C=O) groups excluding carboxylic acids is 2. The van der Waals surface area contributed by atoms with Crippen molar-refractivity contribution in [3.8, 4) is 0 Å². The number of benzene rings is 1. The van der Waals surface area contributed by atoms with Crippen LogP contribution in [0.3, 0.4) is 0 Å². The highest BCUT2D eigenvalue weighted by Crippen LogP contribution is 2.10. The number of likely N-dealkylation sites (N-methyl/N-ethyl adjacent to an activating group) is 1.